The van der Waals surface area contributed by atoms with Gasteiger partial charge < -0.3 is 5.32 Å². The summed E-state index contributed by atoms with van der Waals surface area (Å²) in [5.74, 6) is -2.50. The lowest BCUT2D eigenvalue weighted by Gasteiger charge is -2.06. The highest BCUT2D eigenvalue weighted by Gasteiger charge is 2.16. The van der Waals surface area contributed by atoms with E-state index in [2.05, 4.69) is 15.4 Å². The van der Waals surface area contributed by atoms with Gasteiger partial charge in [0.25, 0.3) is 5.91 Å². The maximum atomic E-state index is 13.4. The van der Waals surface area contributed by atoms with Gasteiger partial charge in [0, 0.05) is 6.54 Å². The average Bonchev–Trinajstić information content (AvgIpc) is 2.85. The summed E-state index contributed by atoms with van der Waals surface area (Å²) in [6, 6.07) is 3.75. The Labute approximate surface area is 114 Å². The fourth-order valence-electron chi connectivity index (χ4n) is 1.76. The van der Waals surface area contributed by atoms with Gasteiger partial charge in [-0.3, -0.25) is 9.48 Å². The van der Waals surface area contributed by atoms with Gasteiger partial charge in [-0.15, -0.1) is 0 Å². The molecule has 0 unspecified atom stereocenters. The number of amides is 1. The molecule has 2 aromatic rings. The van der Waals surface area contributed by atoms with E-state index in [0.29, 0.717) is 18.7 Å². The number of aromatic nitrogens is 3. The van der Waals surface area contributed by atoms with Crippen molar-refractivity contribution in [2.75, 3.05) is 5.32 Å². The minimum atomic E-state index is -1.06. The predicted octanol–water partition coefficient (Wildman–Crippen LogP) is 2.39. The summed E-state index contributed by atoms with van der Waals surface area (Å²) < 4.78 is 27.6. The van der Waals surface area contributed by atoms with Gasteiger partial charge in [0.1, 0.15) is 5.69 Å². The number of hydrogen-bond acceptors (Lipinski definition) is 3. The Balaban J connectivity index is 2.25. The standard InChI is InChI=1S/C13H14F2N4O/c1-3-8-7-10(19(4-2)18-8)13(20)16-9-5-6-11(14)17-12(9)15/h5-7H,3-4H2,1-2H3,(H,16,20). The number of rotatable bonds is 4. The van der Waals surface area contributed by atoms with Crippen molar-refractivity contribution in [1.82, 2.24) is 14.8 Å². The van der Waals surface area contributed by atoms with Crippen molar-refractivity contribution < 1.29 is 13.6 Å². The molecular weight excluding hydrogens is 266 g/mol. The maximum absolute atomic E-state index is 13.4. The quantitative estimate of drug-likeness (QED) is 0.875. The second-order valence-corrected chi connectivity index (χ2v) is 4.12. The Morgan fingerprint density at radius 1 is 1.35 bits per heavy atom. The van der Waals surface area contributed by atoms with Crippen LogP contribution in [0.2, 0.25) is 0 Å². The molecule has 5 nitrogen and oxygen atoms in total. The van der Waals surface area contributed by atoms with E-state index in [0.717, 1.165) is 17.8 Å². The van der Waals surface area contributed by atoms with E-state index in [9.17, 15) is 13.6 Å². The molecule has 0 saturated carbocycles. The predicted molar refractivity (Wildman–Crippen MR) is 69.4 cm³/mol. The van der Waals surface area contributed by atoms with Gasteiger partial charge >= 0.3 is 0 Å². The van der Waals surface area contributed by atoms with Crippen LogP contribution in [0.1, 0.15) is 30.0 Å². The van der Waals surface area contributed by atoms with Crippen molar-refractivity contribution in [3.05, 3.63) is 41.5 Å². The van der Waals surface area contributed by atoms with Gasteiger partial charge in [-0.1, -0.05) is 6.92 Å². The van der Waals surface area contributed by atoms with Crippen molar-refractivity contribution in [3.8, 4) is 0 Å². The van der Waals surface area contributed by atoms with E-state index in [1.54, 1.807) is 6.07 Å². The second-order valence-electron chi connectivity index (χ2n) is 4.12. The minimum absolute atomic E-state index is 0.168. The van der Waals surface area contributed by atoms with Crippen molar-refractivity contribution in [2.45, 2.75) is 26.8 Å². The van der Waals surface area contributed by atoms with Gasteiger partial charge in [-0.05, 0) is 31.5 Å². The summed E-state index contributed by atoms with van der Waals surface area (Å²) in [5.41, 5.74) is 0.932. The normalized spacial score (nSPS) is 10.6. The van der Waals surface area contributed by atoms with Crippen LogP contribution in [0.5, 0.6) is 0 Å². The molecule has 0 saturated heterocycles. The number of carbonyl (C=O) groups excluding carboxylic acids is 1. The van der Waals surface area contributed by atoms with Crippen LogP contribution in [0, 0.1) is 11.9 Å². The molecule has 0 aliphatic heterocycles. The Kier molecular flexibility index (Phi) is 4.07. The first-order valence-corrected chi connectivity index (χ1v) is 6.25. The first kappa shape index (κ1) is 14.1. The molecule has 1 N–H and O–H groups in total. The lowest BCUT2D eigenvalue weighted by Crippen LogP contribution is -2.18. The summed E-state index contributed by atoms with van der Waals surface area (Å²) >= 11 is 0. The zero-order chi connectivity index (χ0) is 14.7. The van der Waals surface area contributed by atoms with Gasteiger partial charge in [0.2, 0.25) is 11.9 Å². The van der Waals surface area contributed by atoms with E-state index in [1.807, 2.05) is 13.8 Å². The highest BCUT2D eigenvalue weighted by molar-refractivity contribution is 6.03. The number of nitrogens with zero attached hydrogens (tertiary/aromatic N) is 3. The zero-order valence-electron chi connectivity index (χ0n) is 11.2. The molecule has 1 amide bonds. The number of anilines is 1. The van der Waals surface area contributed by atoms with E-state index in [4.69, 9.17) is 0 Å². The average molecular weight is 280 g/mol. The van der Waals surface area contributed by atoms with Gasteiger partial charge in [0.15, 0.2) is 0 Å². The molecule has 2 heterocycles. The van der Waals surface area contributed by atoms with Crippen LogP contribution < -0.4 is 5.32 Å². The number of carbonyl (C=O) groups is 1. The van der Waals surface area contributed by atoms with Crippen LogP contribution in [0.15, 0.2) is 18.2 Å². The van der Waals surface area contributed by atoms with Crippen LogP contribution in [0.3, 0.4) is 0 Å². The lowest BCUT2D eigenvalue weighted by atomic mass is 10.3. The fourth-order valence-corrected chi connectivity index (χ4v) is 1.76. The Morgan fingerprint density at radius 3 is 2.70 bits per heavy atom. The first-order valence-electron chi connectivity index (χ1n) is 6.25. The summed E-state index contributed by atoms with van der Waals surface area (Å²) in [6.07, 6.45) is 0.694. The van der Waals surface area contributed by atoms with Crippen LogP contribution in [0.25, 0.3) is 0 Å². The number of halogens is 2. The molecule has 0 aliphatic rings. The number of nitrogens with one attached hydrogen (secondary N) is 1. The molecule has 106 valence electrons. The van der Waals surface area contributed by atoms with Crippen molar-refractivity contribution in [1.29, 1.82) is 0 Å². The summed E-state index contributed by atoms with van der Waals surface area (Å²) in [6.45, 7) is 4.30. The zero-order valence-corrected chi connectivity index (χ0v) is 11.2. The number of pyridine rings is 1. The Morgan fingerprint density at radius 2 is 2.10 bits per heavy atom. The third kappa shape index (κ3) is 2.81. The van der Waals surface area contributed by atoms with Crippen molar-refractivity contribution >= 4 is 11.6 Å². The van der Waals surface area contributed by atoms with E-state index >= 15 is 0 Å². The van der Waals surface area contributed by atoms with Gasteiger partial charge in [-0.2, -0.15) is 18.9 Å². The Bertz CT molecular complexity index is 639. The molecule has 0 spiro atoms. The molecule has 2 aromatic heterocycles. The highest BCUT2D eigenvalue weighted by Crippen LogP contribution is 2.14. The number of hydrogen-bond donors (Lipinski definition) is 1. The molecule has 20 heavy (non-hydrogen) atoms. The van der Waals surface area contributed by atoms with Crippen LogP contribution in [0.4, 0.5) is 14.5 Å². The highest BCUT2D eigenvalue weighted by atomic mass is 19.1. The second kappa shape index (κ2) is 5.77. The van der Waals surface area contributed by atoms with Crippen LogP contribution in [-0.2, 0) is 13.0 Å². The molecule has 0 bridgehead atoms. The summed E-state index contributed by atoms with van der Waals surface area (Å²) in [5, 5.41) is 6.59. The van der Waals surface area contributed by atoms with Crippen molar-refractivity contribution in [2.24, 2.45) is 0 Å². The molecule has 0 aromatic carbocycles. The Hall–Kier alpha value is -2.31. The van der Waals surface area contributed by atoms with Crippen LogP contribution in [-0.4, -0.2) is 20.7 Å². The van der Waals surface area contributed by atoms with Crippen LogP contribution >= 0.6 is 0 Å². The monoisotopic (exact) mass is 280 g/mol. The molecule has 2 rings (SSSR count). The molecule has 0 radical (unpaired) electrons. The molecule has 0 atom stereocenters. The summed E-state index contributed by atoms with van der Waals surface area (Å²) in [7, 11) is 0. The third-order valence-corrected chi connectivity index (χ3v) is 2.79. The van der Waals surface area contributed by atoms with E-state index in [-0.39, 0.29) is 5.69 Å². The summed E-state index contributed by atoms with van der Waals surface area (Å²) in [4.78, 5) is 15.1. The molecule has 0 aliphatic carbocycles. The first-order chi connectivity index (χ1) is 9.55. The lowest BCUT2D eigenvalue weighted by molar-refractivity contribution is 0.101. The SMILES string of the molecule is CCc1cc(C(=O)Nc2ccc(F)nc2F)n(CC)n1. The van der Waals surface area contributed by atoms with Gasteiger partial charge in [0.05, 0.1) is 11.4 Å². The molecule has 0 fully saturated rings. The van der Waals surface area contributed by atoms with Gasteiger partial charge in [-0.25, -0.2) is 0 Å². The van der Waals surface area contributed by atoms with E-state index in [1.165, 1.54) is 4.68 Å². The smallest absolute Gasteiger partial charge is 0.274 e. The largest absolute Gasteiger partial charge is 0.317 e. The fraction of sp³-hybridized carbons (Fsp3) is 0.308. The third-order valence-electron chi connectivity index (χ3n) is 2.79. The maximum Gasteiger partial charge on any atom is 0.274 e. The minimum Gasteiger partial charge on any atom is -0.317 e. The number of aryl methyl sites for hydroxylation is 2. The molecular formula is C13H14F2N4O. The molecule has 7 heteroatoms. The van der Waals surface area contributed by atoms with E-state index < -0.39 is 17.8 Å². The van der Waals surface area contributed by atoms with Crippen molar-refractivity contribution in [3.63, 3.8) is 0 Å². The topological polar surface area (TPSA) is 59.8 Å².